The molecule has 65 heavy (non-hydrogen) atoms. The number of halogens is 1. The number of nitrogens with zero attached hydrogens (tertiary/aromatic N) is 8. The van der Waals surface area contributed by atoms with Gasteiger partial charge in [-0.3, -0.25) is 43.7 Å². The van der Waals surface area contributed by atoms with Gasteiger partial charge in [0.05, 0.1) is 33.7 Å². The van der Waals surface area contributed by atoms with Crippen molar-refractivity contribution < 1.29 is 37.1 Å². The molecule has 1 aromatic carbocycles. The molecule has 5 saturated heterocycles. The van der Waals surface area contributed by atoms with E-state index in [9.17, 15) is 37.5 Å². The molecule has 4 amide bonds. The highest BCUT2D eigenvalue weighted by molar-refractivity contribution is 7.89. The van der Waals surface area contributed by atoms with E-state index < -0.39 is 56.4 Å². The molecule has 0 radical (unpaired) electrons. The fourth-order valence-electron chi connectivity index (χ4n) is 11.5. The Labute approximate surface area is 376 Å². The summed E-state index contributed by atoms with van der Waals surface area (Å²) in [6.07, 6.45) is 8.32. The molecule has 6 aliphatic heterocycles. The zero-order chi connectivity index (χ0) is 45.4. The van der Waals surface area contributed by atoms with Crippen molar-refractivity contribution in [3.8, 4) is 0 Å². The van der Waals surface area contributed by atoms with Crippen LogP contribution in [0.1, 0.15) is 104 Å². The molecule has 6 fully saturated rings. The Bertz CT molecular complexity index is 2580. The molecule has 348 valence electrons. The third-order valence-corrected chi connectivity index (χ3v) is 17.8. The van der Waals surface area contributed by atoms with Crippen LogP contribution in [0.15, 0.2) is 35.3 Å². The van der Waals surface area contributed by atoms with Crippen LogP contribution < -0.4 is 21.1 Å². The van der Waals surface area contributed by atoms with Gasteiger partial charge in [-0.2, -0.15) is 4.98 Å². The van der Waals surface area contributed by atoms with Crippen LogP contribution in [0, 0.1) is 11.7 Å². The summed E-state index contributed by atoms with van der Waals surface area (Å²) in [7, 11) is -3.46. The van der Waals surface area contributed by atoms with Gasteiger partial charge in [0.2, 0.25) is 27.8 Å². The maximum absolute atomic E-state index is 15.4. The Morgan fingerprint density at radius 1 is 0.892 bits per heavy atom. The van der Waals surface area contributed by atoms with Crippen LogP contribution in [-0.2, 0) is 19.6 Å². The summed E-state index contributed by atoms with van der Waals surface area (Å²) in [5, 5.41) is 16.9. The smallest absolute Gasteiger partial charge is 0.262 e. The molecule has 1 aliphatic carbocycles. The maximum Gasteiger partial charge on any atom is 0.262 e. The minimum absolute atomic E-state index is 0.0101. The molecule has 0 bridgehead atoms. The number of aromatic nitrogens is 3. The van der Waals surface area contributed by atoms with Crippen molar-refractivity contribution >= 4 is 56.3 Å². The molecular weight excluding hydrogens is 860 g/mol. The number of pyridine rings is 1. The highest BCUT2D eigenvalue weighted by Gasteiger charge is 2.47. The van der Waals surface area contributed by atoms with Gasteiger partial charge in [-0.05, 0) is 121 Å². The Morgan fingerprint density at radius 2 is 1.60 bits per heavy atom. The average molecular weight is 917 g/mol. The number of sulfonamides is 1. The fourth-order valence-corrected chi connectivity index (χ4v) is 13.4. The van der Waals surface area contributed by atoms with E-state index in [1.807, 2.05) is 4.90 Å². The van der Waals surface area contributed by atoms with E-state index in [1.165, 1.54) is 12.1 Å². The van der Waals surface area contributed by atoms with E-state index in [-0.39, 0.29) is 53.3 Å². The minimum atomic E-state index is -3.46. The Morgan fingerprint density at radius 3 is 2.28 bits per heavy atom. The van der Waals surface area contributed by atoms with Crippen LogP contribution in [0.2, 0.25) is 0 Å². The number of anilines is 2. The molecule has 3 N–H and O–H groups in total. The van der Waals surface area contributed by atoms with Crippen LogP contribution in [0.25, 0.3) is 11.0 Å². The predicted molar refractivity (Wildman–Crippen MR) is 237 cm³/mol. The average Bonchev–Trinajstić information content (AvgIpc) is 3.73. The van der Waals surface area contributed by atoms with Crippen molar-refractivity contribution in [2.24, 2.45) is 5.92 Å². The van der Waals surface area contributed by atoms with Gasteiger partial charge in [0.15, 0.2) is 0 Å². The summed E-state index contributed by atoms with van der Waals surface area (Å²) in [5.74, 6) is -2.26. The highest BCUT2D eigenvalue weighted by Crippen LogP contribution is 2.40. The van der Waals surface area contributed by atoms with Crippen molar-refractivity contribution in [1.29, 1.82) is 0 Å². The lowest BCUT2D eigenvalue weighted by atomic mass is 9.92. The number of likely N-dealkylation sites (tertiary alicyclic amines) is 2. The summed E-state index contributed by atoms with van der Waals surface area (Å²) < 4.78 is 46.4. The molecule has 8 heterocycles. The van der Waals surface area contributed by atoms with Crippen molar-refractivity contribution in [2.75, 3.05) is 69.1 Å². The van der Waals surface area contributed by atoms with Gasteiger partial charge in [-0.1, -0.05) is 0 Å². The monoisotopic (exact) mass is 916 g/mol. The molecule has 20 heteroatoms. The van der Waals surface area contributed by atoms with E-state index in [1.54, 1.807) is 28.1 Å². The van der Waals surface area contributed by atoms with Gasteiger partial charge in [0, 0.05) is 68.9 Å². The van der Waals surface area contributed by atoms with E-state index in [4.69, 9.17) is 4.98 Å². The zero-order valence-corrected chi connectivity index (χ0v) is 37.5. The number of carbonyl (C=O) groups is 4. The van der Waals surface area contributed by atoms with Gasteiger partial charge < -0.3 is 20.2 Å². The number of aliphatic hydroxyl groups is 1. The SMILES string of the molecule is C[C@@]1(O)CCC[C@H]1n1c(=O)ccc2cnc(NC3CCN(S(=O)(=O)C4CCN(CC5CCN(C6CN(c7cc8c(cc7F)C(=O)N(C7CCC(=O)NC7=O)C8=O)C6)CC5)CC4)CC3)nc21. The Balaban J connectivity index is 0.661. The number of carbonyl (C=O) groups excluding carboxylic acids is 4. The summed E-state index contributed by atoms with van der Waals surface area (Å²) in [6.45, 7) is 8.02. The second kappa shape index (κ2) is 17.1. The van der Waals surface area contributed by atoms with Gasteiger partial charge in [0.1, 0.15) is 17.5 Å². The van der Waals surface area contributed by atoms with Gasteiger partial charge >= 0.3 is 0 Å². The van der Waals surface area contributed by atoms with Crippen LogP contribution in [0.5, 0.6) is 0 Å². The molecule has 10 rings (SSSR count). The second-order valence-corrected chi connectivity index (χ2v) is 21.7. The molecule has 18 nitrogen and oxygen atoms in total. The number of hydrogen-bond acceptors (Lipinski definition) is 14. The first-order valence-corrected chi connectivity index (χ1v) is 24.8. The largest absolute Gasteiger partial charge is 0.388 e. The lowest BCUT2D eigenvalue weighted by Gasteiger charge is -2.49. The van der Waals surface area contributed by atoms with Gasteiger partial charge in [-0.15, -0.1) is 0 Å². The maximum atomic E-state index is 15.4. The van der Waals surface area contributed by atoms with Crippen LogP contribution >= 0.6 is 0 Å². The number of piperidine rings is 4. The number of amides is 4. The van der Waals surface area contributed by atoms with E-state index in [0.29, 0.717) is 87.6 Å². The predicted octanol–water partition coefficient (Wildman–Crippen LogP) is 2.08. The zero-order valence-electron chi connectivity index (χ0n) is 36.7. The summed E-state index contributed by atoms with van der Waals surface area (Å²) in [5.41, 5.74) is -0.476. The van der Waals surface area contributed by atoms with E-state index in [0.717, 1.165) is 63.0 Å². The summed E-state index contributed by atoms with van der Waals surface area (Å²) in [6, 6.07) is 4.44. The van der Waals surface area contributed by atoms with Crippen molar-refractivity contribution in [1.82, 2.24) is 38.9 Å². The number of hydrogen-bond donors (Lipinski definition) is 3. The summed E-state index contributed by atoms with van der Waals surface area (Å²) >= 11 is 0. The molecule has 3 atom stereocenters. The number of benzene rings is 1. The molecule has 3 aromatic rings. The van der Waals surface area contributed by atoms with Crippen molar-refractivity contribution in [3.63, 3.8) is 0 Å². The first kappa shape index (κ1) is 44.0. The summed E-state index contributed by atoms with van der Waals surface area (Å²) in [4.78, 5) is 80.3. The first-order chi connectivity index (χ1) is 31.1. The van der Waals surface area contributed by atoms with Crippen LogP contribution in [0.4, 0.5) is 16.0 Å². The first-order valence-electron chi connectivity index (χ1n) is 23.3. The molecule has 0 spiro atoms. The van der Waals surface area contributed by atoms with Crippen LogP contribution in [-0.4, -0.2) is 159 Å². The normalized spacial score (nSPS) is 27.4. The molecular formula is C45H57FN10O8S. The van der Waals surface area contributed by atoms with Crippen molar-refractivity contribution in [2.45, 2.75) is 113 Å². The lowest BCUT2D eigenvalue weighted by Crippen LogP contribution is -2.61. The highest BCUT2D eigenvalue weighted by atomic mass is 32.2. The van der Waals surface area contributed by atoms with Gasteiger partial charge in [0.25, 0.3) is 17.4 Å². The molecule has 1 unspecified atom stereocenters. The van der Waals surface area contributed by atoms with E-state index >= 15 is 4.39 Å². The lowest BCUT2D eigenvalue weighted by molar-refractivity contribution is -0.136. The third-order valence-electron chi connectivity index (χ3n) is 15.4. The van der Waals surface area contributed by atoms with E-state index in [2.05, 4.69) is 25.4 Å². The molecule has 7 aliphatic rings. The Hall–Kier alpha value is -4.89. The number of rotatable bonds is 10. The second-order valence-electron chi connectivity index (χ2n) is 19.5. The molecule has 1 saturated carbocycles. The number of imide groups is 2. The Kier molecular flexibility index (Phi) is 11.6. The third kappa shape index (κ3) is 8.22. The number of fused-ring (bicyclic) bond motifs is 2. The fraction of sp³-hybridized carbons (Fsp3) is 0.622. The minimum Gasteiger partial charge on any atom is -0.388 e. The molecule has 2 aromatic heterocycles. The standard InChI is InChI=1S/C45H57FN10O8S/c1-45(62)14-2-3-37(45)56-39(58)7-4-28-23-47-44(50-40(28)56)48-29-10-19-54(20-11-29)65(63,64)31-12-15-51(16-13-31)24-27-8-17-52(18-9-27)30-25-53(26-30)36-22-33-32(21-34(36)46)42(60)55(43(33)61)35-5-6-38(57)49-41(35)59/h4,7,21-23,27,29-31,35,37,62H,2-3,5-6,8-20,24-26H2,1H3,(H,47,48,50)(H,49,57,59)/t35?,37-,45-/m1/s1. The van der Waals surface area contributed by atoms with Crippen LogP contribution in [0.3, 0.4) is 0 Å². The van der Waals surface area contributed by atoms with Gasteiger partial charge in [-0.25, -0.2) is 22.1 Å². The topological polar surface area (TPSA) is 211 Å². The number of nitrogens with one attached hydrogen (secondary N) is 2. The quantitative estimate of drug-likeness (QED) is 0.249. The van der Waals surface area contributed by atoms with Crippen molar-refractivity contribution in [3.05, 3.63) is 57.8 Å².